The van der Waals surface area contributed by atoms with Gasteiger partial charge in [-0.3, -0.25) is 4.98 Å². The molecule has 0 atom stereocenters. The van der Waals surface area contributed by atoms with Crippen molar-refractivity contribution in [3.63, 3.8) is 0 Å². The number of hydrogen-bond acceptors (Lipinski definition) is 5. The topological polar surface area (TPSA) is 76.7 Å². The predicted molar refractivity (Wildman–Crippen MR) is 89.3 cm³/mol. The molecule has 3 N–H and O–H groups in total. The number of nitrogens with one attached hydrogen (secondary N) is 1. The van der Waals surface area contributed by atoms with E-state index >= 15 is 0 Å². The Bertz CT molecular complexity index is 450. The van der Waals surface area contributed by atoms with Crippen LogP contribution in [0.15, 0.2) is 18.3 Å². The van der Waals surface area contributed by atoms with Crippen molar-refractivity contribution >= 4 is 54.0 Å². The summed E-state index contributed by atoms with van der Waals surface area (Å²) in [5.41, 5.74) is 4.11. The monoisotopic (exact) mass is 459 g/mol. The minimum Gasteiger partial charge on any atom is -0.306 e. The Balaban J connectivity index is 0.000000581. The number of fused-ring (bicyclic) bond motifs is 1. The molecule has 0 saturated heterocycles. The van der Waals surface area contributed by atoms with E-state index in [1.54, 1.807) is 6.20 Å². The van der Waals surface area contributed by atoms with Crippen molar-refractivity contribution in [3.8, 4) is 0 Å². The number of anilines is 1. The zero-order valence-corrected chi connectivity index (χ0v) is 14.2. The van der Waals surface area contributed by atoms with Crippen molar-refractivity contribution in [2.75, 3.05) is 5.43 Å². The molecule has 0 fully saturated rings. The smallest absolute Gasteiger partial charge is 0.172 e. The summed E-state index contributed by atoms with van der Waals surface area (Å²) in [7, 11) is 0. The Labute approximate surface area is 124 Å². The average molecular weight is 459 g/mol. The second-order valence-electron chi connectivity index (χ2n) is 2.68. The molecular weight excluding hydrogens is 444 g/mol. The molecule has 2 aromatic rings. The minimum atomic E-state index is 0.550. The van der Waals surface area contributed by atoms with Crippen LogP contribution in [0.1, 0.15) is 19.5 Å². The summed E-state index contributed by atoms with van der Waals surface area (Å²) in [6.45, 7) is 5.86. The van der Waals surface area contributed by atoms with Crippen molar-refractivity contribution in [1.82, 2.24) is 15.2 Å². The van der Waals surface area contributed by atoms with Crippen LogP contribution in [-0.2, 0) is 0 Å². The quantitative estimate of drug-likeness (QED) is 0.389. The van der Waals surface area contributed by atoms with Crippen LogP contribution in [0.5, 0.6) is 0 Å². The Morgan fingerprint density at radius 2 is 1.88 bits per heavy atom. The number of hydrogen-bond donors (Lipinski definition) is 2. The summed E-state index contributed by atoms with van der Waals surface area (Å²) in [6.07, 6.45) is 1.72. The van der Waals surface area contributed by atoms with Gasteiger partial charge in [-0.05, 0) is 19.1 Å². The molecule has 0 saturated carbocycles. The van der Waals surface area contributed by atoms with Crippen LogP contribution in [-0.4, -0.2) is 15.2 Å². The number of nitrogens with two attached hydrogens (primary N) is 1. The number of hydrazine groups is 1. The zero-order chi connectivity index (χ0) is 13.3. The molecule has 0 amide bonds. The first kappa shape index (κ1) is 16.7. The summed E-state index contributed by atoms with van der Waals surface area (Å²) in [6, 6.07) is 3.74. The molecule has 0 aliphatic rings. The van der Waals surface area contributed by atoms with Gasteiger partial charge < -0.3 is 5.43 Å². The van der Waals surface area contributed by atoms with E-state index in [-0.39, 0.29) is 0 Å². The van der Waals surface area contributed by atoms with Crippen molar-refractivity contribution < 1.29 is 0 Å². The van der Waals surface area contributed by atoms with Crippen molar-refractivity contribution in [2.45, 2.75) is 20.8 Å². The van der Waals surface area contributed by atoms with Crippen LogP contribution in [0.3, 0.4) is 0 Å². The summed E-state index contributed by atoms with van der Waals surface area (Å²) < 4.78 is 0. The molecule has 5 nitrogen and oxygen atoms in total. The molecule has 7 heteroatoms. The lowest BCUT2D eigenvalue weighted by molar-refractivity contribution is 0.989. The van der Waals surface area contributed by atoms with E-state index in [4.69, 9.17) is 5.84 Å². The highest BCUT2D eigenvalue weighted by atomic mass is 128. The molecule has 0 radical (unpaired) electrons. The number of aromatic nitrogens is 3. The first-order chi connectivity index (χ1) is 8.33. The molecule has 2 aromatic heterocycles. The zero-order valence-electron chi connectivity index (χ0n) is 9.91. The van der Waals surface area contributed by atoms with Crippen LogP contribution in [0.25, 0.3) is 10.9 Å². The van der Waals surface area contributed by atoms with Crippen LogP contribution in [0.2, 0.25) is 0 Å². The van der Waals surface area contributed by atoms with E-state index in [9.17, 15) is 0 Å². The molecule has 94 valence electrons. The largest absolute Gasteiger partial charge is 0.306 e. The Morgan fingerprint density at radius 1 is 1.24 bits per heavy atom. The van der Waals surface area contributed by atoms with E-state index < -0.39 is 0 Å². The maximum atomic E-state index is 5.29. The number of halogens is 2. The van der Waals surface area contributed by atoms with Crippen molar-refractivity contribution in [1.29, 1.82) is 0 Å². The normalized spacial score (nSPS) is 8.59. The van der Waals surface area contributed by atoms with Gasteiger partial charge in [0.05, 0.1) is 11.2 Å². The van der Waals surface area contributed by atoms with Gasteiger partial charge in [-0.15, -0.1) is 5.10 Å². The molecule has 0 unspecified atom stereocenters. The lowest BCUT2D eigenvalue weighted by atomic mass is 10.2. The summed E-state index contributed by atoms with van der Waals surface area (Å²) >= 11 is 4.24. The minimum absolute atomic E-state index is 0.550. The SMILES string of the molecule is CC.Cc1nnc(NN)c2cccnc12.II. The highest BCUT2D eigenvalue weighted by Gasteiger charge is 2.04. The lowest BCUT2D eigenvalue weighted by Crippen LogP contribution is -2.10. The number of nitrogen functional groups attached to an aromatic ring is 1. The first-order valence-corrected chi connectivity index (χ1v) is 11.3. The molecule has 0 bridgehead atoms. The molecule has 2 heterocycles. The van der Waals surface area contributed by atoms with Gasteiger partial charge in [0.2, 0.25) is 0 Å². The van der Waals surface area contributed by atoms with Gasteiger partial charge in [-0.1, -0.05) is 13.8 Å². The fourth-order valence-corrected chi connectivity index (χ4v) is 1.22. The third kappa shape index (κ3) is 4.47. The van der Waals surface area contributed by atoms with E-state index in [2.05, 4.69) is 57.8 Å². The van der Waals surface area contributed by atoms with Gasteiger partial charge in [-0.25, -0.2) is 5.84 Å². The summed E-state index contributed by atoms with van der Waals surface area (Å²) in [4.78, 5) is 4.19. The standard InChI is InChI=1S/C8H9N5.C2H6.I2/c1-5-7-6(3-2-4-10-7)8(11-9)13-12-5;2*1-2/h2-4H,9H2,1H3,(H,11,13);1-2H3;. The van der Waals surface area contributed by atoms with Crippen molar-refractivity contribution in [2.24, 2.45) is 5.84 Å². The fraction of sp³-hybridized carbons (Fsp3) is 0.300. The second kappa shape index (κ2) is 9.71. The van der Waals surface area contributed by atoms with Gasteiger partial charge >= 0.3 is 0 Å². The summed E-state index contributed by atoms with van der Waals surface area (Å²) in [5, 5.41) is 8.71. The number of nitrogens with zero attached hydrogens (tertiary/aromatic N) is 3. The van der Waals surface area contributed by atoms with Crippen LogP contribution >= 0.6 is 37.2 Å². The van der Waals surface area contributed by atoms with Crippen LogP contribution in [0.4, 0.5) is 5.82 Å². The van der Waals surface area contributed by atoms with Gasteiger partial charge in [0, 0.05) is 48.8 Å². The molecule has 0 aromatic carbocycles. The Morgan fingerprint density at radius 3 is 2.47 bits per heavy atom. The van der Waals surface area contributed by atoms with Crippen molar-refractivity contribution in [3.05, 3.63) is 24.0 Å². The molecule has 0 spiro atoms. The maximum absolute atomic E-state index is 5.29. The molecule has 0 aliphatic heterocycles. The maximum Gasteiger partial charge on any atom is 0.172 e. The number of aryl methyl sites for hydroxylation is 1. The number of rotatable bonds is 1. The van der Waals surface area contributed by atoms with E-state index in [1.165, 1.54) is 0 Å². The third-order valence-corrected chi connectivity index (χ3v) is 1.84. The van der Waals surface area contributed by atoms with Gasteiger partial charge in [0.15, 0.2) is 5.82 Å². The predicted octanol–water partition coefficient (Wildman–Crippen LogP) is 3.42. The van der Waals surface area contributed by atoms with E-state index in [0.717, 1.165) is 16.6 Å². The summed E-state index contributed by atoms with van der Waals surface area (Å²) in [5.74, 6) is 5.84. The highest BCUT2D eigenvalue weighted by Crippen LogP contribution is 2.18. The molecular formula is C10H15I2N5. The molecule has 0 aliphatic carbocycles. The fourth-order valence-electron chi connectivity index (χ4n) is 1.22. The third-order valence-electron chi connectivity index (χ3n) is 1.84. The first-order valence-electron chi connectivity index (χ1n) is 5.02. The van der Waals surface area contributed by atoms with E-state index in [1.807, 2.05) is 32.9 Å². The lowest BCUT2D eigenvalue weighted by Gasteiger charge is -2.03. The second-order valence-corrected chi connectivity index (χ2v) is 2.68. The Kier molecular flexibility index (Phi) is 9.55. The van der Waals surface area contributed by atoms with E-state index in [0.29, 0.717) is 5.82 Å². The van der Waals surface area contributed by atoms with Crippen LogP contribution in [0, 0.1) is 6.92 Å². The van der Waals surface area contributed by atoms with Gasteiger partial charge in [0.25, 0.3) is 0 Å². The average Bonchev–Trinajstić information content (AvgIpc) is 2.44. The Hall–Kier alpha value is -0.290. The van der Waals surface area contributed by atoms with Gasteiger partial charge in [-0.2, -0.15) is 5.10 Å². The highest BCUT2D eigenvalue weighted by molar-refractivity contribution is 15.0. The van der Waals surface area contributed by atoms with Crippen LogP contribution < -0.4 is 11.3 Å². The number of pyridine rings is 1. The molecule has 2 rings (SSSR count). The van der Waals surface area contributed by atoms with Gasteiger partial charge in [0.1, 0.15) is 0 Å². The molecule has 17 heavy (non-hydrogen) atoms.